The van der Waals surface area contributed by atoms with Crippen LogP contribution in [0.25, 0.3) is 10.8 Å². The van der Waals surface area contributed by atoms with E-state index in [4.69, 9.17) is 0 Å². The van der Waals surface area contributed by atoms with Crippen LogP contribution in [0.4, 0.5) is 0 Å². The molecule has 0 saturated heterocycles. The predicted molar refractivity (Wildman–Crippen MR) is 88.1 cm³/mol. The summed E-state index contributed by atoms with van der Waals surface area (Å²) in [5.41, 5.74) is 0.481. The van der Waals surface area contributed by atoms with Crippen LogP contribution in [0.15, 0.2) is 42.5 Å². The van der Waals surface area contributed by atoms with Crippen molar-refractivity contribution in [3.63, 3.8) is 0 Å². The van der Waals surface area contributed by atoms with E-state index in [9.17, 15) is 14.7 Å². The summed E-state index contributed by atoms with van der Waals surface area (Å²) in [6, 6.07) is 13.2. The van der Waals surface area contributed by atoms with E-state index >= 15 is 0 Å². The number of ketones is 1. The number of rotatable bonds is 7. The molecule has 3 heteroatoms. The first kappa shape index (κ1) is 16.2. The third kappa shape index (κ3) is 3.53. The Hall–Kier alpha value is -2.16. The molecule has 2 unspecified atom stereocenters. The molecular weight excluding hydrogens is 276 g/mol. The summed E-state index contributed by atoms with van der Waals surface area (Å²) in [6.07, 6.45) is 2.70. The maximum atomic E-state index is 12.7. The second kappa shape index (κ2) is 7.21. The molecule has 0 aliphatic rings. The van der Waals surface area contributed by atoms with Crippen molar-refractivity contribution in [2.24, 2.45) is 11.8 Å². The van der Waals surface area contributed by atoms with E-state index in [1.54, 1.807) is 12.1 Å². The van der Waals surface area contributed by atoms with Gasteiger partial charge in [0.25, 0.3) is 0 Å². The molecule has 0 spiro atoms. The van der Waals surface area contributed by atoms with E-state index in [0.29, 0.717) is 5.56 Å². The van der Waals surface area contributed by atoms with Crippen molar-refractivity contribution in [2.75, 3.05) is 0 Å². The molecule has 0 aromatic heterocycles. The number of carbonyl (C=O) groups is 2. The van der Waals surface area contributed by atoms with Crippen LogP contribution in [0, 0.1) is 11.8 Å². The van der Waals surface area contributed by atoms with Gasteiger partial charge in [-0.15, -0.1) is 0 Å². The molecule has 3 nitrogen and oxygen atoms in total. The molecule has 1 N–H and O–H groups in total. The number of hydrogen-bond donors (Lipinski definition) is 1. The number of aliphatic carboxylic acids is 1. The van der Waals surface area contributed by atoms with Crippen LogP contribution in [0.1, 0.15) is 43.5 Å². The number of carboxylic acid groups (broad SMARTS) is 1. The molecule has 0 bridgehead atoms. The predicted octanol–water partition coefficient (Wildman–Crippen LogP) is 4.55. The summed E-state index contributed by atoms with van der Waals surface area (Å²) in [5.74, 6) is -2.44. The lowest BCUT2D eigenvalue weighted by molar-refractivity contribution is -0.141. The molecule has 0 saturated carbocycles. The van der Waals surface area contributed by atoms with Crippen LogP contribution in [-0.4, -0.2) is 16.9 Å². The summed E-state index contributed by atoms with van der Waals surface area (Å²) in [6.45, 7) is 3.92. The highest BCUT2D eigenvalue weighted by Crippen LogP contribution is 2.25. The van der Waals surface area contributed by atoms with Crippen molar-refractivity contribution >= 4 is 22.5 Å². The Morgan fingerprint density at radius 3 is 2.41 bits per heavy atom. The number of fused-ring (bicyclic) bond motifs is 1. The zero-order chi connectivity index (χ0) is 16.1. The molecule has 22 heavy (non-hydrogen) atoms. The Bertz CT molecular complexity index is 675. The lowest BCUT2D eigenvalue weighted by atomic mass is 9.83. The molecule has 2 aromatic rings. The number of hydrogen-bond acceptors (Lipinski definition) is 2. The summed E-state index contributed by atoms with van der Waals surface area (Å²) in [5, 5.41) is 11.5. The minimum absolute atomic E-state index is 0.156. The van der Waals surface area contributed by atoms with Gasteiger partial charge >= 0.3 is 5.97 Å². The average Bonchev–Trinajstić information content (AvgIpc) is 2.52. The van der Waals surface area contributed by atoms with Gasteiger partial charge in [-0.1, -0.05) is 63.1 Å². The fraction of sp³-hybridized carbons (Fsp3) is 0.368. The largest absolute Gasteiger partial charge is 0.481 e. The lowest BCUT2D eigenvalue weighted by Crippen LogP contribution is -2.30. The van der Waals surface area contributed by atoms with E-state index in [1.807, 2.05) is 37.3 Å². The van der Waals surface area contributed by atoms with Gasteiger partial charge in [-0.05, 0) is 29.2 Å². The van der Waals surface area contributed by atoms with Crippen molar-refractivity contribution in [1.82, 2.24) is 0 Å². The first-order chi connectivity index (χ1) is 10.5. The van der Waals surface area contributed by atoms with Gasteiger partial charge in [-0.3, -0.25) is 9.59 Å². The van der Waals surface area contributed by atoms with E-state index in [-0.39, 0.29) is 11.7 Å². The molecule has 2 aromatic carbocycles. The Balaban J connectivity index is 2.30. The molecule has 0 radical (unpaired) electrons. The number of unbranched alkanes of at least 4 members (excludes halogenated alkanes) is 1. The summed E-state index contributed by atoms with van der Waals surface area (Å²) in [4.78, 5) is 24.2. The molecule has 0 aliphatic heterocycles. The topological polar surface area (TPSA) is 54.4 Å². The summed E-state index contributed by atoms with van der Waals surface area (Å²) < 4.78 is 0. The van der Waals surface area contributed by atoms with E-state index in [1.165, 1.54) is 0 Å². The van der Waals surface area contributed by atoms with Gasteiger partial charge in [0.15, 0.2) is 5.78 Å². The van der Waals surface area contributed by atoms with Gasteiger partial charge in [0.05, 0.1) is 0 Å². The fourth-order valence-electron chi connectivity index (χ4n) is 2.83. The van der Waals surface area contributed by atoms with E-state index < -0.39 is 11.9 Å². The molecule has 116 valence electrons. The van der Waals surface area contributed by atoms with Crippen molar-refractivity contribution in [2.45, 2.75) is 33.1 Å². The van der Waals surface area contributed by atoms with Crippen LogP contribution in [0.3, 0.4) is 0 Å². The first-order valence-corrected chi connectivity index (χ1v) is 7.80. The summed E-state index contributed by atoms with van der Waals surface area (Å²) in [7, 11) is 0. The minimum Gasteiger partial charge on any atom is -0.481 e. The van der Waals surface area contributed by atoms with Crippen LogP contribution < -0.4 is 0 Å². The highest BCUT2D eigenvalue weighted by Gasteiger charge is 2.32. The van der Waals surface area contributed by atoms with Crippen LogP contribution in [0.2, 0.25) is 0 Å². The molecule has 2 rings (SSSR count). The number of carboxylic acids is 1. The van der Waals surface area contributed by atoms with Gasteiger partial charge in [0, 0.05) is 5.56 Å². The molecule has 0 aliphatic carbocycles. The second-order valence-electron chi connectivity index (χ2n) is 5.86. The average molecular weight is 298 g/mol. The third-order valence-electron chi connectivity index (χ3n) is 4.16. The zero-order valence-electron chi connectivity index (χ0n) is 13.1. The Kier molecular flexibility index (Phi) is 5.31. The number of Topliss-reactive ketones (excluding diaryl/α,β-unsaturated/α-hetero) is 1. The fourth-order valence-corrected chi connectivity index (χ4v) is 2.83. The standard InChI is InChI=1S/C19H22O3/c1-3-4-7-13(2)17(19(21)22)18(20)16-11-10-14-8-5-6-9-15(14)12-16/h5-6,8-13,17H,3-4,7H2,1-2H3,(H,21,22). The van der Waals surface area contributed by atoms with E-state index in [0.717, 1.165) is 30.0 Å². The molecule has 2 atom stereocenters. The van der Waals surface area contributed by atoms with Gasteiger partial charge in [0.1, 0.15) is 5.92 Å². The summed E-state index contributed by atoms with van der Waals surface area (Å²) >= 11 is 0. The minimum atomic E-state index is -1.03. The maximum absolute atomic E-state index is 12.7. The van der Waals surface area contributed by atoms with Gasteiger partial charge in [0.2, 0.25) is 0 Å². The van der Waals surface area contributed by atoms with Crippen molar-refractivity contribution in [1.29, 1.82) is 0 Å². The zero-order valence-corrected chi connectivity index (χ0v) is 13.1. The Morgan fingerprint density at radius 2 is 1.77 bits per heavy atom. The Labute approximate surface area is 131 Å². The highest BCUT2D eigenvalue weighted by atomic mass is 16.4. The molecule has 0 amide bonds. The van der Waals surface area contributed by atoms with Crippen LogP contribution >= 0.6 is 0 Å². The van der Waals surface area contributed by atoms with Crippen molar-refractivity contribution in [3.05, 3.63) is 48.0 Å². The van der Waals surface area contributed by atoms with Gasteiger partial charge < -0.3 is 5.11 Å². The second-order valence-corrected chi connectivity index (χ2v) is 5.86. The molecule has 0 heterocycles. The molecular formula is C19H22O3. The monoisotopic (exact) mass is 298 g/mol. The van der Waals surface area contributed by atoms with Gasteiger partial charge in [-0.25, -0.2) is 0 Å². The normalized spacial score (nSPS) is 13.7. The first-order valence-electron chi connectivity index (χ1n) is 7.80. The Morgan fingerprint density at radius 1 is 1.09 bits per heavy atom. The number of carbonyl (C=O) groups excluding carboxylic acids is 1. The number of benzene rings is 2. The highest BCUT2D eigenvalue weighted by molar-refractivity contribution is 6.09. The quantitative estimate of drug-likeness (QED) is 0.602. The lowest BCUT2D eigenvalue weighted by Gasteiger charge is -2.19. The molecule has 0 fully saturated rings. The third-order valence-corrected chi connectivity index (χ3v) is 4.16. The SMILES string of the molecule is CCCCC(C)C(C(=O)O)C(=O)c1ccc2ccccc2c1. The van der Waals surface area contributed by atoms with Crippen molar-refractivity contribution in [3.8, 4) is 0 Å². The van der Waals surface area contributed by atoms with Crippen molar-refractivity contribution < 1.29 is 14.7 Å². The van der Waals surface area contributed by atoms with E-state index in [2.05, 4.69) is 6.92 Å². The maximum Gasteiger partial charge on any atom is 0.314 e. The van der Waals surface area contributed by atoms with Gasteiger partial charge in [-0.2, -0.15) is 0 Å². The van der Waals surface area contributed by atoms with Crippen LogP contribution in [0.5, 0.6) is 0 Å². The van der Waals surface area contributed by atoms with Crippen LogP contribution in [-0.2, 0) is 4.79 Å². The smallest absolute Gasteiger partial charge is 0.314 e.